The van der Waals surface area contributed by atoms with Crippen molar-refractivity contribution in [2.75, 3.05) is 0 Å². The number of carbonyl (C=O) groups is 1. The summed E-state index contributed by atoms with van der Waals surface area (Å²) >= 11 is 3.47. The number of hydrogen-bond acceptors (Lipinski definition) is 1. The number of benzene rings is 3. The van der Waals surface area contributed by atoms with Gasteiger partial charge in [0.1, 0.15) is 0 Å². The van der Waals surface area contributed by atoms with Crippen molar-refractivity contribution in [3.05, 3.63) is 106 Å². The van der Waals surface area contributed by atoms with Gasteiger partial charge in [-0.05, 0) is 36.6 Å². The molecular formula is C22H18BrO. The number of halogens is 1. The summed E-state index contributed by atoms with van der Waals surface area (Å²) in [5.74, 6) is 0.137. The first-order chi connectivity index (χ1) is 11.6. The summed E-state index contributed by atoms with van der Waals surface area (Å²) in [6.45, 7) is 2.03. The molecule has 2 heteroatoms. The fraction of sp³-hybridized carbons (Fsp3) is 0.136. The third-order valence-electron chi connectivity index (χ3n) is 4.34. The number of rotatable bonds is 5. The van der Waals surface area contributed by atoms with Crippen molar-refractivity contribution in [2.24, 2.45) is 0 Å². The zero-order valence-electron chi connectivity index (χ0n) is 13.5. The molecule has 0 amide bonds. The number of carbonyl (C=O) groups excluding carboxylic acids is 1. The van der Waals surface area contributed by atoms with E-state index in [1.807, 2.05) is 85.8 Å². The molecule has 3 aromatic carbocycles. The van der Waals surface area contributed by atoms with E-state index in [0.29, 0.717) is 6.42 Å². The van der Waals surface area contributed by atoms with Crippen LogP contribution in [0.4, 0.5) is 0 Å². The van der Waals surface area contributed by atoms with Crippen molar-refractivity contribution in [3.63, 3.8) is 0 Å². The van der Waals surface area contributed by atoms with Gasteiger partial charge in [-0.25, -0.2) is 0 Å². The van der Waals surface area contributed by atoms with Crippen LogP contribution in [0.1, 0.15) is 28.4 Å². The van der Waals surface area contributed by atoms with Gasteiger partial charge >= 0.3 is 0 Å². The SMILES string of the molecule is CC(Cc1cc[c]c(Br)c1)(C(=O)c1ccccc1)c1ccccc1. The van der Waals surface area contributed by atoms with Crippen LogP contribution in [0.15, 0.2) is 83.3 Å². The smallest absolute Gasteiger partial charge is 0.173 e. The van der Waals surface area contributed by atoms with Crippen LogP contribution in [0.25, 0.3) is 0 Å². The zero-order chi connectivity index (χ0) is 17.0. The maximum absolute atomic E-state index is 13.3. The molecule has 0 fully saturated rings. The molecule has 0 heterocycles. The van der Waals surface area contributed by atoms with Gasteiger partial charge < -0.3 is 0 Å². The zero-order valence-corrected chi connectivity index (χ0v) is 15.1. The van der Waals surface area contributed by atoms with Crippen LogP contribution in [0.2, 0.25) is 0 Å². The van der Waals surface area contributed by atoms with Gasteiger partial charge in [0, 0.05) is 10.0 Å². The average Bonchev–Trinajstić information content (AvgIpc) is 2.62. The Balaban J connectivity index is 2.06. The highest BCUT2D eigenvalue weighted by Gasteiger charge is 2.35. The minimum absolute atomic E-state index is 0.137. The molecule has 0 saturated heterocycles. The molecule has 0 aliphatic carbocycles. The maximum Gasteiger partial charge on any atom is 0.173 e. The minimum Gasteiger partial charge on any atom is -0.293 e. The molecular weight excluding hydrogens is 360 g/mol. The van der Waals surface area contributed by atoms with Crippen molar-refractivity contribution >= 4 is 21.7 Å². The van der Waals surface area contributed by atoms with Gasteiger partial charge in [0.2, 0.25) is 0 Å². The average molecular weight is 378 g/mol. The highest BCUT2D eigenvalue weighted by atomic mass is 79.9. The first-order valence-electron chi connectivity index (χ1n) is 7.91. The van der Waals surface area contributed by atoms with Crippen LogP contribution in [-0.4, -0.2) is 5.78 Å². The number of hydrogen-bond donors (Lipinski definition) is 0. The quantitative estimate of drug-likeness (QED) is 0.526. The molecule has 119 valence electrons. The van der Waals surface area contributed by atoms with E-state index in [9.17, 15) is 4.79 Å². The highest BCUT2D eigenvalue weighted by Crippen LogP contribution is 2.32. The summed E-state index contributed by atoms with van der Waals surface area (Å²) in [5.41, 5.74) is 2.26. The maximum atomic E-state index is 13.3. The van der Waals surface area contributed by atoms with Crippen LogP contribution in [0.5, 0.6) is 0 Å². The molecule has 0 aromatic heterocycles. The molecule has 1 nitrogen and oxygen atoms in total. The summed E-state index contributed by atoms with van der Waals surface area (Å²) in [5, 5.41) is 0. The second kappa shape index (κ2) is 7.14. The van der Waals surface area contributed by atoms with E-state index < -0.39 is 5.41 Å². The lowest BCUT2D eigenvalue weighted by molar-refractivity contribution is 0.0895. The number of ketones is 1. The summed E-state index contributed by atoms with van der Waals surface area (Å²) < 4.78 is 0.905. The number of Topliss-reactive ketones (excluding diaryl/α,β-unsaturated/α-hetero) is 1. The topological polar surface area (TPSA) is 17.1 Å². The summed E-state index contributed by atoms with van der Waals surface area (Å²) in [6.07, 6.45) is 0.637. The van der Waals surface area contributed by atoms with Crippen LogP contribution >= 0.6 is 15.9 Å². The van der Waals surface area contributed by atoms with Crippen molar-refractivity contribution in [1.29, 1.82) is 0 Å². The summed E-state index contributed by atoms with van der Waals surface area (Å²) in [7, 11) is 0. The van der Waals surface area contributed by atoms with Gasteiger partial charge in [-0.1, -0.05) is 88.7 Å². The molecule has 3 rings (SSSR count). The molecule has 0 aliphatic heterocycles. The Morgan fingerprint density at radius 1 is 1.00 bits per heavy atom. The van der Waals surface area contributed by atoms with Gasteiger partial charge in [-0.3, -0.25) is 4.79 Å². The Morgan fingerprint density at radius 3 is 2.25 bits per heavy atom. The van der Waals surface area contributed by atoms with E-state index in [0.717, 1.165) is 21.2 Å². The first-order valence-corrected chi connectivity index (χ1v) is 8.70. The van der Waals surface area contributed by atoms with E-state index >= 15 is 0 Å². The third-order valence-corrected chi connectivity index (χ3v) is 4.79. The van der Waals surface area contributed by atoms with E-state index in [2.05, 4.69) is 22.0 Å². The first kappa shape index (κ1) is 16.7. The third kappa shape index (κ3) is 3.49. The van der Waals surface area contributed by atoms with Gasteiger partial charge in [-0.2, -0.15) is 0 Å². The summed E-state index contributed by atoms with van der Waals surface area (Å²) in [6, 6.07) is 28.6. The van der Waals surface area contributed by atoms with Crippen LogP contribution in [0, 0.1) is 6.07 Å². The van der Waals surface area contributed by atoms with Gasteiger partial charge in [0.25, 0.3) is 0 Å². The monoisotopic (exact) mass is 377 g/mol. The standard InChI is InChI=1S/C22H18BrO/c1-22(19-12-6-3-7-13-19,16-17-9-8-14-20(23)15-17)21(24)18-10-4-2-5-11-18/h2-13,15H,16H2,1H3. The molecule has 1 radical (unpaired) electrons. The fourth-order valence-electron chi connectivity index (χ4n) is 3.03. The molecule has 0 saturated carbocycles. The van der Waals surface area contributed by atoms with Crippen LogP contribution in [0.3, 0.4) is 0 Å². The molecule has 24 heavy (non-hydrogen) atoms. The van der Waals surface area contributed by atoms with E-state index in [-0.39, 0.29) is 5.78 Å². The van der Waals surface area contributed by atoms with Crippen LogP contribution < -0.4 is 0 Å². The van der Waals surface area contributed by atoms with Crippen LogP contribution in [-0.2, 0) is 11.8 Å². The fourth-order valence-corrected chi connectivity index (χ4v) is 3.45. The predicted molar refractivity (Wildman–Crippen MR) is 101 cm³/mol. The second-order valence-corrected chi connectivity index (χ2v) is 6.97. The van der Waals surface area contributed by atoms with Gasteiger partial charge in [-0.15, -0.1) is 0 Å². The Hall–Kier alpha value is -2.19. The van der Waals surface area contributed by atoms with Crippen molar-refractivity contribution in [2.45, 2.75) is 18.8 Å². The Bertz CT molecular complexity index is 827. The second-order valence-electron chi connectivity index (χ2n) is 6.11. The van der Waals surface area contributed by atoms with E-state index in [1.165, 1.54) is 0 Å². The molecule has 1 unspecified atom stereocenters. The molecule has 3 aromatic rings. The molecule has 0 N–H and O–H groups in total. The van der Waals surface area contributed by atoms with E-state index in [1.54, 1.807) is 0 Å². The summed E-state index contributed by atoms with van der Waals surface area (Å²) in [4.78, 5) is 13.3. The molecule has 0 aliphatic rings. The van der Waals surface area contributed by atoms with Gasteiger partial charge in [0.05, 0.1) is 5.41 Å². The largest absolute Gasteiger partial charge is 0.293 e. The van der Waals surface area contributed by atoms with Gasteiger partial charge in [0.15, 0.2) is 5.78 Å². The lowest BCUT2D eigenvalue weighted by Gasteiger charge is -2.29. The van der Waals surface area contributed by atoms with Crippen molar-refractivity contribution in [3.8, 4) is 0 Å². The molecule has 0 spiro atoms. The predicted octanol–water partition coefficient (Wildman–Crippen LogP) is 5.63. The minimum atomic E-state index is -0.622. The normalized spacial score (nSPS) is 13.2. The van der Waals surface area contributed by atoms with Crippen molar-refractivity contribution < 1.29 is 4.79 Å². The van der Waals surface area contributed by atoms with Crippen molar-refractivity contribution in [1.82, 2.24) is 0 Å². The molecule has 0 bridgehead atoms. The Morgan fingerprint density at radius 2 is 1.62 bits per heavy atom. The lowest BCUT2D eigenvalue weighted by Crippen LogP contribution is -2.35. The van der Waals surface area contributed by atoms with E-state index in [4.69, 9.17) is 0 Å². The Labute approximate surface area is 151 Å². The molecule has 1 atom stereocenters. The Kier molecular flexibility index (Phi) is 4.96. The highest BCUT2D eigenvalue weighted by molar-refractivity contribution is 9.10. The lowest BCUT2D eigenvalue weighted by atomic mass is 9.72.